The first-order chi connectivity index (χ1) is 5.13. The second-order valence-corrected chi connectivity index (χ2v) is 2.78. The van der Waals surface area contributed by atoms with E-state index in [0.717, 1.165) is 0 Å². The lowest BCUT2D eigenvalue weighted by molar-refractivity contribution is -0.272. The summed E-state index contributed by atoms with van der Waals surface area (Å²) in [6.07, 6.45) is -10.7. The van der Waals surface area contributed by atoms with Crippen molar-refractivity contribution in [2.75, 3.05) is 6.54 Å². The van der Waals surface area contributed by atoms with Crippen LogP contribution in [0.1, 0.15) is 0 Å². The van der Waals surface area contributed by atoms with E-state index in [0.29, 0.717) is 0 Å². The maximum atomic E-state index is 11.8. The van der Waals surface area contributed by atoms with Crippen molar-refractivity contribution in [2.24, 2.45) is 0 Å². The van der Waals surface area contributed by atoms with Crippen LogP contribution in [0.15, 0.2) is 0 Å². The third-order valence-corrected chi connectivity index (χ3v) is 2.02. The van der Waals surface area contributed by atoms with Crippen LogP contribution >= 0.6 is 11.8 Å². The maximum absolute atomic E-state index is 11.8. The Morgan fingerprint density at radius 3 is 1.25 bits per heavy atom. The molecule has 1 fully saturated rings. The summed E-state index contributed by atoms with van der Waals surface area (Å²) >= 11 is 4.67. The minimum Gasteiger partial charge on any atom is -0.193 e. The average molecular weight is 214 g/mol. The first-order valence-electron chi connectivity index (χ1n) is 2.70. The zero-order chi connectivity index (χ0) is 9.78. The minimum absolute atomic E-state index is 0.299. The predicted molar refractivity (Wildman–Crippen MR) is 27.4 cm³/mol. The molecular formula is C4H2ClF6N. The Kier molecular flexibility index (Phi) is 1.81. The Bertz CT molecular complexity index is 181. The second kappa shape index (κ2) is 2.20. The third-order valence-electron chi connectivity index (χ3n) is 1.62. The molecule has 0 bridgehead atoms. The quantitative estimate of drug-likeness (QED) is 0.339. The van der Waals surface area contributed by atoms with Crippen molar-refractivity contribution in [1.82, 2.24) is 4.42 Å². The number of hydrogen-bond donors (Lipinski definition) is 0. The fraction of sp³-hybridized carbons (Fsp3) is 1.00. The molecule has 72 valence electrons. The van der Waals surface area contributed by atoms with Crippen LogP contribution in [0.4, 0.5) is 26.3 Å². The molecule has 0 aromatic carbocycles. The molecule has 0 radical (unpaired) electrons. The molecule has 1 heterocycles. The summed E-state index contributed by atoms with van der Waals surface area (Å²) in [6.45, 7) is -1.23. The van der Waals surface area contributed by atoms with Crippen LogP contribution in [0.5, 0.6) is 0 Å². The molecule has 0 spiro atoms. The fourth-order valence-electron chi connectivity index (χ4n) is 0.781. The van der Waals surface area contributed by atoms with Crippen LogP contribution in [0.2, 0.25) is 0 Å². The predicted octanol–water partition coefficient (Wildman–Crippen LogP) is 2.32. The molecule has 0 amide bonds. The Labute approximate surface area is 68.0 Å². The molecule has 1 aliphatic rings. The van der Waals surface area contributed by atoms with Crippen LogP contribution in [0, 0.1) is 0 Å². The zero-order valence-electron chi connectivity index (χ0n) is 5.30. The normalized spacial score (nSPS) is 28.8. The van der Waals surface area contributed by atoms with E-state index in [2.05, 4.69) is 11.8 Å². The topological polar surface area (TPSA) is 3.01 Å². The molecule has 1 rings (SSSR count). The van der Waals surface area contributed by atoms with Crippen LogP contribution in [-0.2, 0) is 0 Å². The van der Waals surface area contributed by atoms with E-state index >= 15 is 0 Å². The van der Waals surface area contributed by atoms with Gasteiger partial charge in [-0.3, -0.25) is 0 Å². The van der Waals surface area contributed by atoms with Crippen molar-refractivity contribution in [3.8, 4) is 0 Å². The molecule has 12 heavy (non-hydrogen) atoms. The van der Waals surface area contributed by atoms with Gasteiger partial charge in [0, 0.05) is 0 Å². The first-order valence-corrected chi connectivity index (χ1v) is 3.03. The van der Waals surface area contributed by atoms with Gasteiger partial charge in [0.1, 0.15) is 0 Å². The Morgan fingerprint density at radius 1 is 1.00 bits per heavy atom. The highest BCUT2D eigenvalue weighted by atomic mass is 35.5. The van der Waals surface area contributed by atoms with E-state index in [4.69, 9.17) is 0 Å². The average Bonchev–Trinajstić information content (AvgIpc) is 2.36. The standard InChI is InChI=1S/C4H2ClF6N/c5-12-1-2(12,3(6,7)8)4(9,10)11/h1H2. The Hall–Kier alpha value is -0.170. The van der Waals surface area contributed by atoms with Crippen LogP contribution in [-0.4, -0.2) is 28.9 Å². The van der Waals surface area contributed by atoms with Gasteiger partial charge >= 0.3 is 12.4 Å². The highest BCUT2D eigenvalue weighted by Crippen LogP contribution is 2.57. The lowest BCUT2D eigenvalue weighted by Crippen LogP contribution is -2.48. The van der Waals surface area contributed by atoms with Crippen molar-refractivity contribution in [3.05, 3.63) is 0 Å². The third kappa shape index (κ3) is 1.06. The van der Waals surface area contributed by atoms with Crippen LogP contribution in [0.25, 0.3) is 0 Å². The van der Waals surface area contributed by atoms with Crippen molar-refractivity contribution < 1.29 is 26.3 Å². The summed E-state index contributed by atoms with van der Waals surface area (Å²) in [5.41, 5.74) is -3.82. The molecule has 0 saturated carbocycles. The van der Waals surface area contributed by atoms with Gasteiger partial charge in [-0.2, -0.15) is 30.8 Å². The largest absolute Gasteiger partial charge is 0.418 e. The summed E-state index contributed by atoms with van der Waals surface area (Å²) in [4.78, 5) is 0. The van der Waals surface area contributed by atoms with Gasteiger partial charge in [-0.05, 0) is 11.8 Å². The van der Waals surface area contributed by atoms with E-state index in [-0.39, 0.29) is 4.42 Å². The van der Waals surface area contributed by atoms with Crippen molar-refractivity contribution in [2.45, 2.75) is 17.9 Å². The minimum atomic E-state index is -5.37. The van der Waals surface area contributed by atoms with Gasteiger partial charge in [0.25, 0.3) is 0 Å². The molecule has 0 aromatic heterocycles. The molecule has 0 aromatic rings. The number of rotatable bonds is 0. The Balaban J connectivity index is 2.96. The lowest BCUT2D eigenvalue weighted by atomic mass is 10.1. The molecule has 0 aliphatic carbocycles. The monoisotopic (exact) mass is 213 g/mol. The number of hydrogen-bond acceptors (Lipinski definition) is 1. The maximum Gasteiger partial charge on any atom is 0.418 e. The van der Waals surface area contributed by atoms with Crippen molar-refractivity contribution >= 4 is 11.8 Å². The van der Waals surface area contributed by atoms with Gasteiger partial charge in [0.15, 0.2) is 0 Å². The van der Waals surface area contributed by atoms with Crippen molar-refractivity contribution in [1.29, 1.82) is 0 Å². The summed E-state index contributed by atoms with van der Waals surface area (Å²) in [5.74, 6) is 0. The van der Waals surface area contributed by atoms with Crippen molar-refractivity contribution in [3.63, 3.8) is 0 Å². The fourth-order valence-corrected chi connectivity index (χ4v) is 1.15. The van der Waals surface area contributed by atoms with E-state index in [9.17, 15) is 26.3 Å². The van der Waals surface area contributed by atoms with Gasteiger partial charge in [0.05, 0.1) is 6.54 Å². The molecule has 1 aliphatic heterocycles. The van der Waals surface area contributed by atoms with E-state index in [1.807, 2.05) is 0 Å². The summed E-state index contributed by atoms with van der Waals surface area (Å²) < 4.78 is 70.5. The van der Waals surface area contributed by atoms with Gasteiger partial charge < -0.3 is 0 Å². The lowest BCUT2D eigenvalue weighted by Gasteiger charge is -2.21. The number of nitrogens with zero attached hydrogens (tertiary/aromatic N) is 1. The van der Waals surface area contributed by atoms with Crippen LogP contribution in [0.3, 0.4) is 0 Å². The Morgan fingerprint density at radius 2 is 1.25 bits per heavy atom. The summed E-state index contributed by atoms with van der Waals surface area (Å²) in [5, 5.41) is 0. The smallest absolute Gasteiger partial charge is 0.193 e. The van der Waals surface area contributed by atoms with Gasteiger partial charge in [-0.15, -0.1) is 0 Å². The summed E-state index contributed by atoms with van der Waals surface area (Å²) in [6, 6.07) is 0. The molecule has 8 heteroatoms. The molecule has 1 atom stereocenters. The number of alkyl halides is 6. The van der Waals surface area contributed by atoms with E-state index in [1.54, 1.807) is 0 Å². The molecule has 1 unspecified atom stereocenters. The SMILES string of the molecule is FC(F)(F)C1(C(F)(F)F)CN1Cl. The zero-order valence-corrected chi connectivity index (χ0v) is 6.06. The molecule has 0 N–H and O–H groups in total. The van der Waals surface area contributed by atoms with Gasteiger partial charge in [-0.1, -0.05) is 0 Å². The highest BCUT2D eigenvalue weighted by molar-refractivity contribution is 6.15. The molecular weight excluding hydrogens is 211 g/mol. The number of halogens is 7. The molecule has 1 saturated heterocycles. The summed E-state index contributed by atoms with van der Waals surface area (Å²) in [7, 11) is 0. The highest BCUT2D eigenvalue weighted by Gasteiger charge is 2.83. The molecule has 1 nitrogen and oxygen atoms in total. The second-order valence-electron chi connectivity index (χ2n) is 2.38. The van der Waals surface area contributed by atoms with Gasteiger partial charge in [-0.25, -0.2) is 0 Å². The van der Waals surface area contributed by atoms with Gasteiger partial charge in [0.2, 0.25) is 5.54 Å². The van der Waals surface area contributed by atoms with Crippen LogP contribution < -0.4 is 0 Å². The van der Waals surface area contributed by atoms with E-state index < -0.39 is 24.4 Å². The first kappa shape index (κ1) is 9.91. The van der Waals surface area contributed by atoms with E-state index in [1.165, 1.54) is 0 Å².